The van der Waals surface area contributed by atoms with Crippen molar-refractivity contribution in [3.05, 3.63) is 36.0 Å². The molecule has 25 heavy (non-hydrogen) atoms. The normalized spacial score (nSPS) is 21.8. The molecule has 2 aromatic rings. The Kier molecular flexibility index (Phi) is 4.92. The Bertz CT molecular complexity index is 713. The number of aromatic amines is 1. The van der Waals surface area contributed by atoms with Crippen LogP contribution < -0.4 is 5.32 Å². The molecular weight excluding hydrogens is 314 g/mol. The van der Waals surface area contributed by atoms with Crippen LogP contribution in [0.1, 0.15) is 31.2 Å². The van der Waals surface area contributed by atoms with E-state index in [1.807, 2.05) is 11.1 Å². The number of nitrogens with zero attached hydrogens (tertiary/aromatic N) is 1. The number of likely N-dealkylation sites (tertiary alicyclic amines) is 1. The van der Waals surface area contributed by atoms with Crippen LogP contribution in [0.5, 0.6) is 0 Å². The van der Waals surface area contributed by atoms with Crippen molar-refractivity contribution in [2.24, 2.45) is 5.92 Å². The Morgan fingerprint density at radius 1 is 1.24 bits per heavy atom. The molecule has 2 amide bonds. The molecule has 0 spiro atoms. The fourth-order valence-corrected chi connectivity index (χ4v) is 4.23. The molecule has 0 unspecified atom stereocenters. The van der Waals surface area contributed by atoms with E-state index in [0.717, 1.165) is 44.5 Å². The molecule has 2 aliphatic rings. The highest BCUT2D eigenvalue weighted by Crippen LogP contribution is 2.28. The molecule has 134 valence electrons. The predicted octanol–water partition coefficient (Wildman–Crippen LogP) is 3.31. The molecule has 1 aromatic carbocycles. The first-order valence-electron chi connectivity index (χ1n) is 9.50. The number of ether oxygens (including phenoxy) is 1. The van der Waals surface area contributed by atoms with Crippen LogP contribution in [0.15, 0.2) is 30.5 Å². The van der Waals surface area contributed by atoms with Crippen LogP contribution in [0.25, 0.3) is 10.9 Å². The smallest absolute Gasteiger partial charge is 0.317 e. The van der Waals surface area contributed by atoms with Gasteiger partial charge < -0.3 is 19.9 Å². The lowest BCUT2D eigenvalue weighted by Crippen LogP contribution is -2.46. The summed E-state index contributed by atoms with van der Waals surface area (Å²) in [6.45, 7) is 3.29. The fourth-order valence-electron chi connectivity index (χ4n) is 4.23. The van der Waals surface area contributed by atoms with E-state index in [9.17, 15) is 4.79 Å². The van der Waals surface area contributed by atoms with Crippen molar-refractivity contribution in [3.8, 4) is 0 Å². The zero-order valence-corrected chi connectivity index (χ0v) is 14.7. The van der Waals surface area contributed by atoms with Crippen molar-refractivity contribution in [1.82, 2.24) is 15.2 Å². The number of benzene rings is 1. The summed E-state index contributed by atoms with van der Waals surface area (Å²) in [5, 5.41) is 4.33. The Morgan fingerprint density at radius 3 is 2.92 bits per heavy atom. The Morgan fingerprint density at radius 2 is 2.12 bits per heavy atom. The largest absolute Gasteiger partial charge is 0.378 e. The molecule has 1 atom stereocenters. The van der Waals surface area contributed by atoms with Crippen LogP contribution in [0.2, 0.25) is 0 Å². The lowest BCUT2D eigenvalue weighted by Gasteiger charge is -2.34. The van der Waals surface area contributed by atoms with Gasteiger partial charge in [0.25, 0.3) is 0 Å². The number of carbonyl (C=O) groups is 1. The van der Waals surface area contributed by atoms with Gasteiger partial charge in [-0.25, -0.2) is 4.79 Å². The number of urea groups is 1. The van der Waals surface area contributed by atoms with Crippen molar-refractivity contribution in [3.63, 3.8) is 0 Å². The van der Waals surface area contributed by atoms with Crippen molar-refractivity contribution >= 4 is 16.9 Å². The van der Waals surface area contributed by atoms with Gasteiger partial charge in [0.2, 0.25) is 0 Å². The van der Waals surface area contributed by atoms with E-state index in [2.05, 4.69) is 34.6 Å². The van der Waals surface area contributed by atoms with Gasteiger partial charge in [-0.2, -0.15) is 0 Å². The second-order valence-electron chi connectivity index (χ2n) is 7.21. The van der Waals surface area contributed by atoms with E-state index in [1.165, 1.54) is 23.8 Å². The van der Waals surface area contributed by atoms with Gasteiger partial charge in [-0.3, -0.25) is 0 Å². The van der Waals surface area contributed by atoms with Crippen molar-refractivity contribution < 1.29 is 9.53 Å². The first kappa shape index (κ1) is 16.5. The van der Waals surface area contributed by atoms with Gasteiger partial charge in [0.15, 0.2) is 0 Å². The first-order chi connectivity index (χ1) is 12.3. The summed E-state index contributed by atoms with van der Waals surface area (Å²) >= 11 is 0. The van der Waals surface area contributed by atoms with Gasteiger partial charge in [0.1, 0.15) is 0 Å². The summed E-state index contributed by atoms with van der Waals surface area (Å²) in [4.78, 5) is 17.6. The average molecular weight is 341 g/mol. The summed E-state index contributed by atoms with van der Waals surface area (Å²) in [5.74, 6) is 0.637. The van der Waals surface area contributed by atoms with Crippen LogP contribution in [0.4, 0.5) is 4.79 Å². The summed E-state index contributed by atoms with van der Waals surface area (Å²) in [7, 11) is 0. The summed E-state index contributed by atoms with van der Waals surface area (Å²) in [6.07, 6.45) is 7.78. The fraction of sp³-hybridized carbons (Fsp3) is 0.550. The van der Waals surface area contributed by atoms with E-state index in [1.54, 1.807) is 0 Å². The number of carbonyl (C=O) groups excluding carboxylic acids is 1. The maximum atomic E-state index is 12.4. The predicted molar refractivity (Wildman–Crippen MR) is 98.7 cm³/mol. The van der Waals surface area contributed by atoms with Gasteiger partial charge in [0.05, 0.1) is 6.10 Å². The van der Waals surface area contributed by atoms with Crippen LogP contribution in [-0.2, 0) is 11.2 Å². The third kappa shape index (κ3) is 3.66. The minimum absolute atomic E-state index is 0.0760. The number of fused-ring (bicyclic) bond motifs is 1. The second-order valence-corrected chi connectivity index (χ2v) is 7.21. The molecule has 0 bridgehead atoms. The third-order valence-corrected chi connectivity index (χ3v) is 5.67. The quantitative estimate of drug-likeness (QED) is 0.896. The number of H-pyrrole nitrogens is 1. The minimum Gasteiger partial charge on any atom is -0.378 e. The first-order valence-corrected chi connectivity index (χ1v) is 9.50. The highest BCUT2D eigenvalue weighted by Gasteiger charge is 2.30. The number of nitrogens with one attached hydrogen (secondary N) is 2. The van der Waals surface area contributed by atoms with E-state index in [0.29, 0.717) is 18.6 Å². The number of aromatic nitrogens is 1. The molecule has 2 N–H and O–H groups in total. The van der Waals surface area contributed by atoms with Crippen LogP contribution in [0.3, 0.4) is 0 Å². The van der Waals surface area contributed by atoms with E-state index < -0.39 is 0 Å². The van der Waals surface area contributed by atoms with Crippen molar-refractivity contribution in [1.29, 1.82) is 0 Å². The highest BCUT2D eigenvalue weighted by molar-refractivity contribution is 5.83. The Hall–Kier alpha value is -2.01. The number of hydrogen-bond acceptors (Lipinski definition) is 2. The molecular formula is C20H27N3O2. The van der Waals surface area contributed by atoms with Gasteiger partial charge in [-0.05, 0) is 55.7 Å². The second kappa shape index (κ2) is 7.48. The monoisotopic (exact) mass is 341 g/mol. The van der Waals surface area contributed by atoms with Gasteiger partial charge >= 0.3 is 6.03 Å². The lowest BCUT2D eigenvalue weighted by atomic mass is 9.90. The SMILES string of the molecule is O=C(NCCc1cccc2[nH]ccc12)N1CCC([C@H]2CCCO2)CC1. The molecule has 5 heteroatoms. The standard InChI is InChI=1S/C20H27N3O2/c24-20(23-12-8-16(9-13-23)19-5-2-14-25-19)22-10-6-15-3-1-4-18-17(15)7-11-21-18/h1,3-4,7,11,16,19,21H,2,5-6,8-10,12-14H2,(H,22,24)/t19-/m1/s1. The van der Waals surface area contributed by atoms with Gasteiger partial charge in [-0.1, -0.05) is 12.1 Å². The molecule has 2 saturated heterocycles. The maximum absolute atomic E-state index is 12.4. The molecule has 3 heterocycles. The molecule has 4 rings (SSSR count). The minimum atomic E-state index is 0.0760. The summed E-state index contributed by atoms with van der Waals surface area (Å²) in [5.41, 5.74) is 2.43. The van der Waals surface area contributed by atoms with Crippen LogP contribution in [-0.4, -0.2) is 48.3 Å². The van der Waals surface area contributed by atoms with E-state index >= 15 is 0 Å². The summed E-state index contributed by atoms with van der Waals surface area (Å²) in [6, 6.07) is 8.45. The molecule has 0 aliphatic carbocycles. The third-order valence-electron chi connectivity index (χ3n) is 5.67. The van der Waals surface area contributed by atoms with Gasteiger partial charge in [-0.15, -0.1) is 0 Å². The average Bonchev–Trinajstić information content (AvgIpc) is 3.34. The number of piperidine rings is 1. The lowest BCUT2D eigenvalue weighted by molar-refractivity contribution is 0.0373. The number of hydrogen-bond donors (Lipinski definition) is 2. The zero-order valence-electron chi connectivity index (χ0n) is 14.7. The van der Waals surface area contributed by atoms with Crippen molar-refractivity contribution in [2.75, 3.05) is 26.2 Å². The molecule has 5 nitrogen and oxygen atoms in total. The van der Waals surface area contributed by atoms with Crippen LogP contribution in [0, 0.1) is 5.92 Å². The van der Waals surface area contributed by atoms with E-state index in [4.69, 9.17) is 4.74 Å². The van der Waals surface area contributed by atoms with Gasteiger partial charge in [0, 0.05) is 43.3 Å². The molecule has 0 radical (unpaired) electrons. The molecule has 2 aliphatic heterocycles. The molecule has 2 fully saturated rings. The van der Waals surface area contributed by atoms with Crippen LogP contribution >= 0.6 is 0 Å². The maximum Gasteiger partial charge on any atom is 0.317 e. The highest BCUT2D eigenvalue weighted by atomic mass is 16.5. The Labute approximate surface area is 148 Å². The van der Waals surface area contributed by atoms with E-state index in [-0.39, 0.29) is 6.03 Å². The topological polar surface area (TPSA) is 57.4 Å². The number of amides is 2. The molecule has 1 aromatic heterocycles. The molecule has 0 saturated carbocycles. The zero-order chi connectivity index (χ0) is 17.1. The van der Waals surface area contributed by atoms with Crippen molar-refractivity contribution in [2.45, 2.75) is 38.2 Å². The Balaban J connectivity index is 1.23. The number of rotatable bonds is 4. The summed E-state index contributed by atoms with van der Waals surface area (Å²) < 4.78 is 5.81.